The first-order chi connectivity index (χ1) is 17.8. The number of aromatic amines is 1. The Labute approximate surface area is 233 Å². The number of nitrogens with zero attached hydrogens (tertiary/aromatic N) is 4. The number of rotatable bonds is 9. The number of nitrogens with two attached hydrogens (primary N) is 1. The zero-order valence-corrected chi connectivity index (χ0v) is 24.1. The van der Waals surface area contributed by atoms with E-state index in [1.807, 2.05) is 6.07 Å². The molecule has 3 aromatic rings. The number of nitrogens with one attached hydrogen (secondary N) is 1. The summed E-state index contributed by atoms with van der Waals surface area (Å²) < 4.78 is 30.6. The monoisotopic (exact) mass is 672 g/mol. The van der Waals surface area contributed by atoms with Crippen LogP contribution in [-0.4, -0.2) is 58.7 Å². The zero-order chi connectivity index (χ0) is 27.9. The number of benzene rings is 1. The Morgan fingerprint density at radius 2 is 2.11 bits per heavy atom. The molecule has 0 saturated carbocycles. The second kappa shape index (κ2) is 10.5. The minimum Gasteiger partial charge on any atom is -0.424 e. The Hall–Kier alpha value is -2.60. The molecular weight excluding hydrogens is 651 g/mol. The van der Waals surface area contributed by atoms with E-state index in [4.69, 9.17) is 19.5 Å². The van der Waals surface area contributed by atoms with Crippen molar-refractivity contribution in [2.24, 2.45) is 5.92 Å². The second-order valence-electron chi connectivity index (χ2n) is 8.74. The largest absolute Gasteiger partial charge is 0.424 e. The number of aliphatic hydroxyl groups excluding tert-OH is 1. The number of carbonyl (C=O) groups is 1. The van der Waals surface area contributed by atoms with Crippen molar-refractivity contribution in [1.82, 2.24) is 19.6 Å². The van der Waals surface area contributed by atoms with Gasteiger partial charge in [0.1, 0.15) is 35.5 Å². The zero-order valence-electron chi connectivity index (χ0n) is 20.1. The predicted molar refractivity (Wildman–Crippen MR) is 142 cm³/mol. The van der Waals surface area contributed by atoms with Crippen LogP contribution in [-0.2, 0) is 24.2 Å². The van der Waals surface area contributed by atoms with Crippen molar-refractivity contribution >= 4 is 56.8 Å². The molecule has 1 aliphatic heterocycles. The molecule has 0 aliphatic carbocycles. The molecule has 13 nitrogen and oxygen atoms in total. The molecule has 1 fully saturated rings. The van der Waals surface area contributed by atoms with Gasteiger partial charge < -0.3 is 20.1 Å². The molecule has 38 heavy (non-hydrogen) atoms. The molecule has 0 spiro atoms. The maximum absolute atomic E-state index is 13.7. The summed E-state index contributed by atoms with van der Waals surface area (Å²) >= 11 is 6.68. The first-order valence-corrected chi connectivity index (χ1v) is 14.5. The van der Waals surface area contributed by atoms with Gasteiger partial charge in [0.05, 0.1) is 19.0 Å². The number of Topliss-reactive ketones (excluding diaryl/α,β-unsaturated/α-hetero) is 1. The van der Waals surface area contributed by atoms with Crippen LogP contribution in [0.5, 0.6) is 5.75 Å². The Balaban J connectivity index is 1.66. The van der Waals surface area contributed by atoms with Gasteiger partial charge >= 0.3 is 7.60 Å². The molecule has 1 saturated heterocycles. The summed E-state index contributed by atoms with van der Waals surface area (Å²) in [6.07, 6.45) is -1.72. The number of ether oxygens (including phenoxy) is 1. The molecule has 3 heterocycles. The van der Waals surface area contributed by atoms with E-state index < -0.39 is 46.7 Å². The highest BCUT2D eigenvalue weighted by molar-refractivity contribution is 9.25. The summed E-state index contributed by atoms with van der Waals surface area (Å²) in [6.45, 7) is 2.49. The molecule has 5 atom stereocenters. The number of aliphatic hydroxyl groups is 1. The van der Waals surface area contributed by atoms with E-state index in [1.54, 1.807) is 37.3 Å². The van der Waals surface area contributed by atoms with Gasteiger partial charge in [-0.1, -0.05) is 57.0 Å². The number of para-hydroxylation sites is 1. The number of hydrogen-bond acceptors (Lipinski definition) is 11. The Kier molecular flexibility index (Phi) is 7.86. The molecule has 202 valence electrons. The van der Waals surface area contributed by atoms with Gasteiger partial charge in [-0.05, 0) is 19.1 Å². The first-order valence-electron chi connectivity index (χ1n) is 11.2. The number of hydrogen-bond donors (Lipinski definition) is 3. The van der Waals surface area contributed by atoms with Gasteiger partial charge in [-0.2, -0.15) is 5.26 Å². The second-order valence-corrected chi connectivity index (χ2v) is 14.3. The topological polar surface area (TPSA) is 195 Å². The number of aromatic nitrogens is 4. The Bertz CT molecular complexity index is 1510. The van der Waals surface area contributed by atoms with Crippen molar-refractivity contribution in [2.45, 2.75) is 34.9 Å². The lowest BCUT2D eigenvalue weighted by atomic mass is 9.96. The fourth-order valence-electron chi connectivity index (χ4n) is 3.88. The lowest BCUT2D eigenvalue weighted by Gasteiger charge is -2.30. The van der Waals surface area contributed by atoms with Gasteiger partial charge in [0, 0.05) is 5.92 Å². The summed E-state index contributed by atoms with van der Waals surface area (Å²) in [5.41, 5.74) is 2.85. The first kappa shape index (κ1) is 28.4. The summed E-state index contributed by atoms with van der Waals surface area (Å²) in [5, 5.41) is 25.4. The molecule has 0 amide bonds. The summed E-state index contributed by atoms with van der Waals surface area (Å²) in [5.74, 6) is -0.820. The van der Waals surface area contributed by atoms with Crippen LogP contribution in [0.4, 0.5) is 5.95 Å². The van der Waals surface area contributed by atoms with Gasteiger partial charge in [0.15, 0.2) is 3.23 Å². The number of nitrogen functional groups attached to an aromatic ring is 1. The average molecular weight is 674 g/mol. The van der Waals surface area contributed by atoms with E-state index in [0.29, 0.717) is 0 Å². The van der Waals surface area contributed by atoms with E-state index in [0.717, 1.165) is 4.52 Å². The number of alkyl halides is 2. The summed E-state index contributed by atoms with van der Waals surface area (Å²) in [6, 6.07) is 10.3. The van der Waals surface area contributed by atoms with Crippen LogP contribution >= 0.6 is 39.5 Å². The molecule has 4 N–H and O–H groups in total. The highest BCUT2D eigenvalue weighted by Crippen LogP contribution is 2.57. The van der Waals surface area contributed by atoms with Crippen LogP contribution in [0.2, 0.25) is 0 Å². The normalized spacial score (nSPS) is 24.9. The van der Waals surface area contributed by atoms with E-state index in [1.165, 1.54) is 13.1 Å². The van der Waals surface area contributed by atoms with Crippen molar-refractivity contribution in [3.8, 4) is 11.8 Å². The molecule has 1 unspecified atom stereocenters. The SMILES string of the molecule is CC(=O)[C@H](C)CP(=O)(OC[C@H]1O[C@@](C#N)(c2cnc3c(=O)[nH]c(N)nn23)C(Br)(Br)[C@H]1O)Oc1ccccc1. The van der Waals surface area contributed by atoms with Crippen molar-refractivity contribution in [3.63, 3.8) is 0 Å². The molecule has 1 aromatic carbocycles. The molecule has 0 bridgehead atoms. The fraction of sp³-hybridized carbons (Fsp3) is 0.409. The van der Waals surface area contributed by atoms with Crippen LogP contribution in [0.1, 0.15) is 19.5 Å². The van der Waals surface area contributed by atoms with Gasteiger partial charge in [-0.3, -0.25) is 19.1 Å². The Morgan fingerprint density at radius 3 is 2.74 bits per heavy atom. The number of fused-ring (bicyclic) bond motifs is 1. The van der Waals surface area contributed by atoms with Gasteiger partial charge in [0.2, 0.25) is 17.2 Å². The highest BCUT2D eigenvalue weighted by Gasteiger charge is 2.67. The number of nitriles is 1. The number of H-pyrrole nitrogens is 1. The van der Waals surface area contributed by atoms with Crippen LogP contribution in [0.3, 0.4) is 0 Å². The maximum Gasteiger partial charge on any atom is 0.379 e. The van der Waals surface area contributed by atoms with E-state index in [-0.39, 0.29) is 35.0 Å². The van der Waals surface area contributed by atoms with Crippen LogP contribution in [0.25, 0.3) is 5.65 Å². The summed E-state index contributed by atoms with van der Waals surface area (Å²) in [4.78, 5) is 30.5. The molecule has 4 rings (SSSR count). The van der Waals surface area contributed by atoms with Crippen molar-refractivity contribution in [3.05, 3.63) is 52.6 Å². The molecule has 2 aromatic heterocycles. The quantitative estimate of drug-likeness (QED) is 0.223. The van der Waals surface area contributed by atoms with E-state index in [2.05, 4.69) is 46.9 Å². The third-order valence-corrected chi connectivity index (χ3v) is 10.1. The van der Waals surface area contributed by atoms with Crippen molar-refractivity contribution < 1.29 is 28.3 Å². The third kappa shape index (κ3) is 5.04. The van der Waals surface area contributed by atoms with Crippen LogP contribution in [0.15, 0.2) is 41.3 Å². The lowest BCUT2D eigenvalue weighted by Crippen LogP contribution is -2.45. The van der Waals surface area contributed by atoms with Gasteiger partial charge in [-0.15, -0.1) is 5.10 Å². The maximum atomic E-state index is 13.7. The smallest absolute Gasteiger partial charge is 0.379 e. The van der Waals surface area contributed by atoms with E-state index >= 15 is 0 Å². The number of ketones is 1. The minimum atomic E-state index is -3.95. The standard InChI is InChI=1S/C22H23Br2N6O7P/c1-12(13(2)31)10-38(34,37-14-6-4-3-5-7-14)35-9-15-17(32)22(23,24)21(11-25,36-15)16-8-27-18-19(33)28-20(26)29-30(16)18/h3-8,12,15,17,32H,9-10H2,1-2H3,(H3,26,28,29,33)/t12-,15-,17+,21+,38?/m1/s1. The number of halogens is 2. The highest BCUT2D eigenvalue weighted by atomic mass is 79.9. The van der Waals surface area contributed by atoms with Crippen LogP contribution in [0, 0.1) is 17.2 Å². The minimum absolute atomic E-state index is 0.0166. The van der Waals surface area contributed by atoms with Crippen LogP contribution < -0.4 is 15.8 Å². The average Bonchev–Trinajstić information content (AvgIpc) is 3.36. The lowest BCUT2D eigenvalue weighted by molar-refractivity contribution is -0.119. The Morgan fingerprint density at radius 1 is 1.42 bits per heavy atom. The van der Waals surface area contributed by atoms with Crippen molar-refractivity contribution in [2.75, 3.05) is 18.5 Å². The number of carbonyl (C=O) groups excluding carboxylic acids is 1. The summed E-state index contributed by atoms with van der Waals surface area (Å²) in [7, 11) is -3.95. The number of anilines is 1. The predicted octanol–water partition coefficient (Wildman–Crippen LogP) is 2.48. The fourth-order valence-corrected chi connectivity index (χ4v) is 7.22. The van der Waals surface area contributed by atoms with Gasteiger partial charge in [0.25, 0.3) is 5.56 Å². The van der Waals surface area contributed by atoms with Gasteiger partial charge in [-0.25, -0.2) is 14.1 Å². The molecule has 0 radical (unpaired) electrons. The molecular formula is C22H23Br2N6O7P. The molecule has 16 heteroatoms. The van der Waals surface area contributed by atoms with Crippen molar-refractivity contribution in [1.29, 1.82) is 5.26 Å². The van der Waals surface area contributed by atoms with E-state index in [9.17, 15) is 24.5 Å². The number of imidazole rings is 1. The molecule has 1 aliphatic rings. The third-order valence-electron chi connectivity index (χ3n) is 6.04.